The van der Waals surface area contributed by atoms with Crippen LogP contribution in [-0.4, -0.2) is 12.5 Å². The Morgan fingerprint density at radius 2 is 2.06 bits per heavy atom. The third-order valence-electron chi connectivity index (χ3n) is 3.27. The van der Waals surface area contributed by atoms with Gasteiger partial charge in [0.05, 0.1) is 0 Å². The fraction of sp³-hybridized carbons (Fsp3) is 0.214. The summed E-state index contributed by atoms with van der Waals surface area (Å²) >= 11 is 0. The summed E-state index contributed by atoms with van der Waals surface area (Å²) in [6, 6.07) is 9.97. The van der Waals surface area contributed by atoms with Crippen LogP contribution in [0.5, 0.6) is 0 Å². The molecule has 0 radical (unpaired) electrons. The first-order valence-electron chi connectivity index (χ1n) is 5.87. The number of rotatable bonds is 3. The van der Waals surface area contributed by atoms with E-state index < -0.39 is 0 Å². The van der Waals surface area contributed by atoms with Gasteiger partial charge in [-0.05, 0) is 42.5 Å². The van der Waals surface area contributed by atoms with Gasteiger partial charge in [0.1, 0.15) is 0 Å². The summed E-state index contributed by atoms with van der Waals surface area (Å²) in [4.78, 5) is 11.7. The highest BCUT2D eigenvalue weighted by atomic mass is 16.1. The van der Waals surface area contributed by atoms with Crippen molar-refractivity contribution in [3.8, 4) is 0 Å². The zero-order valence-corrected chi connectivity index (χ0v) is 9.49. The van der Waals surface area contributed by atoms with E-state index in [9.17, 15) is 4.79 Å². The molecule has 3 heteroatoms. The van der Waals surface area contributed by atoms with Crippen LogP contribution in [0, 0.1) is 0 Å². The summed E-state index contributed by atoms with van der Waals surface area (Å²) in [5.41, 5.74) is 8.53. The second-order valence-corrected chi connectivity index (χ2v) is 4.35. The second-order valence-electron chi connectivity index (χ2n) is 4.35. The molecular weight excluding hydrogens is 212 g/mol. The number of aryl methyl sites for hydroxylation is 1. The van der Waals surface area contributed by atoms with Crippen LogP contribution in [0.4, 0.5) is 5.69 Å². The normalized spacial score (nSPS) is 13.1. The van der Waals surface area contributed by atoms with Gasteiger partial charge in [-0.25, -0.2) is 0 Å². The number of carbonyl (C=O) groups excluding carboxylic acids is 1. The second kappa shape index (κ2) is 3.86. The van der Waals surface area contributed by atoms with Crippen LogP contribution in [0.2, 0.25) is 0 Å². The maximum absolute atomic E-state index is 11.7. The minimum Gasteiger partial charge on any atom is -0.330 e. The van der Waals surface area contributed by atoms with E-state index in [0.29, 0.717) is 6.54 Å². The Labute approximate surface area is 99.6 Å². The summed E-state index contributed by atoms with van der Waals surface area (Å²) in [5.74, 6) is 0.00146. The minimum atomic E-state index is 0.00146. The van der Waals surface area contributed by atoms with Crippen LogP contribution >= 0.6 is 0 Å². The summed E-state index contributed by atoms with van der Waals surface area (Å²) in [6.07, 6.45) is 1.94. The number of hydrogen-bond donors (Lipinski definition) is 2. The molecule has 0 spiro atoms. The number of nitrogens with two attached hydrogens (primary N) is 1. The molecule has 17 heavy (non-hydrogen) atoms. The van der Waals surface area contributed by atoms with Gasteiger partial charge in [-0.15, -0.1) is 0 Å². The summed E-state index contributed by atoms with van der Waals surface area (Å²) in [6.45, 7) is 0.695. The van der Waals surface area contributed by atoms with Crippen molar-refractivity contribution in [3.05, 3.63) is 41.5 Å². The molecule has 0 aromatic heterocycles. The highest BCUT2D eigenvalue weighted by Crippen LogP contribution is 2.34. The maximum Gasteiger partial charge on any atom is 0.256 e. The molecule has 0 fully saturated rings. The molecule has 2 aromatic carbocycles. The largest absolute Gasteiger partial charge is 0.330 e. The van der Waals surface area contributed by atoms with Crippen molar-refractivity contribution in [2.75, 3.05) is 11.9 Å². The van der Waals surface area contributed by atoms with Gasteiger partial charge in [0.15, 0.2) is 0 Å². The van der Waals surface area contributed by atoms with Crippen LogP contribution in [0.25, 0.3) is 10.8 Å². The lowest BCUT2D eigenvalue weighted by Gasteiger charge is -2.06. The van der Waals surface area contributed by atoms with Crippen molar-refractivity contribution < 1.29 is 4.79 Å². The fourth-order valence-corrected chi connectivity index (χ4v) is 2.46. The molecule has 0 saturated carbocycles. The predicted molar refractivity (Wildman–Crippen MR) is 69.3 cm³/mol. The Hall–Kier alpha value is -1.87. The van der Waals surface area contributed by atoms with Crippen molar-refractivity contribution in [2.45, 2.75) is 12.8 Å². The molecule has 1 heterocycles. The summed E-state index contributed by atoms with van der Waals surface area (Å²) in [5, 5.41) is 5.13. The van der Waals surface area contributed by atoms with Crippen molar-refractivity contribution in [1.82, 2.24) is 0 Å². The van der Waals surface area contributed by atoms with E-state index in [-0.39, 0.29) is 5.91 Å². The first kappa shape index (κ1) is 10.3. The number of amides is 1. The lowest BCUT2D eigenvalue weighted by atomic mass is 9.97. The third kappa shape index (κ3) is 1.51. The Balaban J connectivity index is 2.22. The molecule has 0 atom stereocenters. The molecule has 0 unspecified atom stereocenters. The molecule has 1 amide bonds. The predicted octanol–water partition coefficient (Wildman–Crippen LogP) is 2.30. The fourth-order valence-electron chi connectivity index (χ4n) is 2.46. The number of nitrogens with one attached hydrogen (secondary N) is 1. The van der Waals surface area contributed by atoms with Crippen molar-refractivity contribution in [3.63, 3.8) is 0 Å². The molecule has 0 bridgehead atoms. The van der Waals surface area contributed by atoms with E-state index in [1.54, 1.807) is 0 Å². The van der Waals surface area contributed by atoms with Gasteiger partial charge in [0.25, 0.3) is 5.91 Å². The van der Waals surface area contributed by atoms with Gasteiger partial charge >= 0.3 is 0 Å². The zero-order chi connectivity index (χ0) is 11.8. The standard InChI is InChI=1S/C14H14N2O/c15-8-2-3-9-6-7-11-13-10(9)4-1-5-12(13)16-14(11)17/h1,4-7H,2-3,8,15H2,(H,16,17). The number of anilines is 1. The molecule has 1 aliphatic rings. The van der Waals surface area contributed by atoms with Crippen LogP contribution in [0.15, 0.2) is 30.3 Å². The summed E-state index contributed by atoms with van der Waals surface area (Å²) in [7, 11) is 0. The van der Waals surface area contributed by atoms with Gasteiger partial charge < -0.3 is 11.1 Å². The highest BCUT2D eigenvalue weighted by molar-refractivity contribution is 6.24. The number of carbonyl (C=O) groups is 1. The van der Waals surface area contributed by atoms with Crippen molar-refractivity contribution >= 4 is 22.4 Å². The lowest BCUT2D eigenvalue weighted by molar-refractivity contribution is 0.103. The van der Waals surface area contributed by atoms with Gasteiger partial charge in [-0.3, -0.25) is 4.79 Å². The van der Waals surface area contributed by atoms with E-state index in [4.69, 9.17) is 5.73 Å². The Morgan fingerprint density at radius 1 is 1.18 bits per heavy atom. The topological polar surface area (TPSA) is 55.1 Å². The molecule has 3 rings (SSSR count). The zero-order valence-electron chi connectivity index (χ0n) is 9.49. The van der Waals surface area contributed by atoms with E-state index >= 15 is 0 Å². The molecule has 0 saturated heterocycles. The maximum atomic E-state index is 11.7. The Morgan fingerprint density at radius 3 is 2.88 bits per heavy atom. The number of benzene rings is 2. The van der Waals surface area contributed by atoms with Gasteiger partial charge in [0.2, 0.25) is 0 Å². The van der Waals surface area contributed by atoms with E-state index in [0.717, 1.165) is 29.5 Å². The van der Waals surface area contributed by atoms with Gasteiger partial charge in [-0.1, -0.05) is 18.2 Å². The lowest BCUT2D eigenvalue weighted by Crippen LogP contribution is -2.04. The third-order valence-corrected chi connectivity index (χ3v) is 3.27. The number of hydrogen-bond acceptors (Lipinski definition) is 2. The SMILES string of the molecule is NCCCc1ccc2c3c(cccc13)NC2=O. The van der Waals surface area contributed by atoms with Crippen LogP contribution < -0.4 is 11.1 Å². The van der Waals surface area contributed by atoms with E-state index in [2.05, 4.69) is 11.4 Å². The van der Waals surface area contributed by atoms with Crippen LogP contribution in [0.1, 0.15) is 22.3 Å². The first-order valence-corrected chi connectivity index (χ1v) is 5.87. The molecule has 3 N–H and O–H groups in total. The van der Waals surface area contributed by atoms with Crippen molar-refractivity contribution in [1.29, 1.82) is 0 Å². The molecular formula is C14H14N2O. The monoisotopic (exact) mass is 226 g/mol. The Kier molecular flexibility index (Phi) is 2.34. The molecule has 1 aliphatic heterocycles. The quantitative estimate of drug-likeness (QED) is 0.843. The van der Waals surface area contributed by atoms with Crippen LogP contribution in [0.3, 0.4) is 0 Å². The van der Waals surface area contributed by atoms with Crippen LogP contribution in [-0.2, 0) is 6.42 Å². The van der Waals surface area contributed by atoms with E-state index in [1.807, 2.05) is 24.3 Å². The average Bonchev–Trinajstić information content (AvgIpc) is 2.67. The highest BCUT2D eigenvalue weighted by Gasteiger charge is 2.21. The smallest absolute Gasteiger partial charge is 0.256 e. The van der Waals surface area contributed by atoms with Crippen molar-refractivity contribution in [2.24, 2.45) is 5.73 Å². The van der Waals surface area contributed by atoms with E-state index in [1.165, 1.54) is 10.9 Å². The molecule has 86 valence electrons. The molecule has 3 nitrogen and oxygen atoms in total. The van der Waals surface area contributed by atoms with Gasteiger partial charge in [0, 0.05) is 16.6 Å². The molecule has 2 aromatic rings. The summed E-state index contributed by atoms with van der Waals surface area (Å²) < 4.78 is 0. The Bertz CT molecular complexity index is 604. The first-order chi connectivity index (χ1) is 8.31. The average molecular weight is 226 g/mol. The molecule has 0 aliphatic carbocycles. The minimum absolute atomic E-state index is 0.00146. The van der Waals surface area contributed by atoms with Gasteiger partial charge in [-0.2, -0.15) is 0 Å².